The van der Waals surface area contributed by atoms with E-state index in [0.29, 0.717) is 6.42 Å². The van der Waals surface area contributed by atoms with E-state index in [4.69, 9.17) is 0 Å². The van der Waals surface area contributed by atoms with Crippen molar-refractivity contribution in [3.8, 4) is 0 Å². The van der Waals surface area contributed by atoms with E-state index in [1.807, 2.05) is 24.3 Å². The van der Waals surface area contributed by atoms with Gasteiger partial charge in [-0.2, -0.15) is 0 Å². The molecule has 0 aliphatic heterocycles. The summed E-state index contributed by atoms with van der Waals surface area (Å²) in [6.45, 7) is 0. The van der Waals surface area contributed by atoms with E-state index in [9.17, 15) is 14.7 Å². The van der Waals surface area contributed by atoms with Gasteiger partial charge in [-0.15, -0.1) is 0 Å². The molecule has 0 fully saturated rings. The number of nitrogens with zero attached hydrogens (tertiary/aromatic N) is 1. The zero-order valence-corrected chi connectivity index (χ0v) is 9.88. The van der Waals surface area contributed by atoms with Crippen LogP contribution in [0.15, 0.2) is 24.3 Å². The van der Waals surface area contributed by atoms with Gasteiger partial charge in [-0.25, -0.2) is 0 Å². The van der Waals surface area contributed by atoms with Crippen LogP contribution in [0.2, 0.25) is 0 Å². The van der Waals surface area contributed by atoms with Gasteiger partial charge in [0.25, 0.3) is 0 Å². The molecule has 0 saturated carbocycles. The van der Waals surface area contributed by atoms with Crippen LogP contribution < -0.4 is 0 Å². The van der Waals surface area contributed by atoms with Gasteiger partial charge in [0.05, 0.1) is 11.8 Å². The fraction of sp³-hybridized carbons (Fsp3) is 0.385. The van der Waals surface area contributed by atoms with Crippen LogP contribution in [0.25, 0.3) is 0 Å². The van der Waals surface area contributed by atoms with Crippen LogP contribution in [0.4, 0.5) is 0 Å². The molecule has 0 aromatic heterocycles. The van der Waals surface area contributed by atoms with Crippen molar-refractivity contribution in [1.82, 2.24) is 4.90 Å². The van der Waals surface area contributed by atoms with E-state index in [1.165, 1.54) is 4.90 Å². The first-order valence-corrected chi connectivity index (χ1v) is 5.54. The Bertz CT molecular complexity index is 467. The molecule has 17 heavy (non-hydrogen) atoms. The largest absolute Gasteiger partial charge is 0.481 e. The minimum Gasteiger partial charge on any atom is -0.481 e. The molecule has 4 heteroatoms. The number of likely N-dealkylation sites (N-methyl/N-ethyl adjacent to an activating group) is 1. The zero-order valence-electron chi connectivity index (χ0n) is 9.88. The Morgan fingerprint density at radius 2 is 1.94 bits per heavy atom. The highest BCUT2D eigenvalue weighted by Gasteiger charge is 2.42. The molecule has 0 unspecified atom stereocenters. The molecule has 0 spiro atoms. The van der Waals surface area contributed by atoms with Crippen LogP contribution >= 0.6 is 0 Å². The van der Waals surface area contributed by atoms with Gasteiger partial charge in [-0.05, 0) is 17.5 Å². The highest BCUT2D eigenvalue weighted by atomic mass is 16.4. The van der Waals surface area contributed by atoms with Crippen LogP contribution in [0.3, 0.4) is 0 Å². The third-order valence-corrected chi connectivity index (χ3v) is 3.26. The first-order valence-electron chi connectivity index (χ1n) is 5.54. The van der Waals surface area contributed by atoms with Gasteiger partial charge in [0, 0.05) is 14.1 Å². The van der Waals surface area contributed by atoms with Crippen LogP contribution in [0.5, 0.6) is 0 Å². The minimum atomic E-state index is -0.901. The number of aliphatic carboxylic acids is 1. The Morgan fingerprint density at radius 3 is 2.53 bits per heavy atom. The van der Waals surface area contributed by atoms with Crippen molar-refractivity contribution >= 4 is 11.9 Å². The predicted molar refractivity (Wildman–Crippen MR) is 62.7 cm³/mol. The summed E-state index contributed by atoms with van der Waals surface area (Å²) in [6.07, 6.45) is 0.440. The van der Waals surface area contributed by atoms with Crippen molar-refractivity contribution < 1.29 is 14.7 Å². The van der Waals surface area contributed by atoms with Crippen molar-refractivity contribution in [2.45, 2.75) is 12.3 Å². The molecule has 1 aliphatic carbocycles. The second-order valence-electron chi connectivity index (χ2n) is 4.56. The smallest absolute Gasteiger partial charge is 0.307 e. The Labute approximate surface area is 99.9 Å². The Morgan fingerprint density at radius 1 is 1.29 bits per heavy atom. The summed E-state index contributed by atoms with van der Waals surface area (Å²) in [6, 6.07) is 7.47. The van der Waals surface area contributed by atoms with Gasteiger partial charge in [0.2, 0.25) is 5.91 Å². The highest BCUT2D eigenvalue weighted by molar-refractivity contribution is 5.90. The lowest BCUT2D eigenvalue weighted by Gasteiger charge is -2.20. The zero-order chi connectivity index (χ0) is 12.6. The normalized spacial score (nSPS) is 22.0. The topological polar surface area (TPSA) is 57.6 Å². The number of benzene rings is 1. The van der Waals surface area contributed by atoms with Crippen LogP contribution in [0, 0.1) is 5.92 Å². The van der Waals surface area contributed by atoms with Crippen LogP contribution in [-0.2, 0) is 16.0 Å². The van der Waals surface area contributed by atoms with Gasteiger partial charge in [0.1, 0.15) is 0 Å². The molecule has 0 saturated heterocycles. The first-order chi connectivity index (χ1) is 8.02. The molecular formula is C13H15NO3. The number of rotatable bonds is 2. The number of fused-ring (bicyclic) bond motifs is 1. The number of carbonyl (C=O) groups excluding carboxylic acids is 1. The van der Waals surface area contributed by atoms with Crippen LogP contribution in [0.1, 0.15) is 17.0 Å². The maximum atomic E-state index is 12.1. The van der Waals surface area contributed by atoms with Gasteiger partial charge in [0.15, 0.2) is 0 Å². The maximum Gasteiger partial charge on any atom is 0.307 e. The molecular weight excluding hydrogens is 218 g/mol. The summed E-state index contributed by atoms with van der Waals surface area (Å²) in [4.78, 5) is 24.8. The third-order valence-electron chi connectivity index (χ3n) is 3.26. The fourth-order valence-electron chi connectivity index (χ4n) is 2.41. The molecule has 0 radical (unpaired) electrons. The number of amides is 1. The quantitative estimate of drug-likeness (QED) is 0.832. The summed E-state index contributed by atoms with van der Waals surface area (Å²) < 4.78 is 0. The van der Waals surface area contributed by atoms with E-state index in [2.05, 4.69) is 0 Å². The van der Waals surface area contributed by atoms with Crippen molar-refractivity contribution in [3.63, 3.8) is 0 Å². The Hall–Kier alpha value is -1.84. The summed E-state index contributed by atoms with van der Waals surface area (Å²) in [5, 5.41) is 9.22. The van der Waals surface area contributed by atoms with Gasteiger partial charge in [-0.1, -0.05) is 24.3 Å². The molecule has 0 bridgehead atoms. The average Bonchev–Trinajstić information content (AvgIpc) is 2.67. The maximum absolute atomic E-state index is 12.1. The standard InChI is InChI=1S/C13H15NO3/c1-14(2)12(15)11-9-6-4-3-5-8(9)7-10(11)13(16)17/h3-6,10-11H,7H2,1-2H3,(H,16,17)/t10-,11-/m1/s1. The summed E-state index contributed by atoms with van der Waals surface area (Å²) in [7, 11) is 3.31. The molecule has 1 aromatic carbocycles. The van der Waals surface area contributed by atoms with Gasteiger partial charge in [-0.3, -0.25) is 9.59 Å². The highest BCUT2D eigenvalue weighted by Crippen LogP contribution is 2.38. The van der Waals surface area contributed by atoms with Crippen molar-refractivity contribution in [2.75, 3.05) is 14.1 Å². The monoisotopic (exact) mass is 233 g/mol. The SMILES string of the molecule is CN(C)C(=O)[C@@H]1c2ccccc2C[C@H]1C(=O)O. The van der Waals surface area contributed by atoms with Gasteiger partial charge < -0.3 is 10.0 Å². The lowest BCUT2D eigenvalue weighted by atomic mass is 9.91. The lowest BCUT2D eigenvalue weighted by Crippen LogP contribution is -2.33. The minimum absolute atomic E-state index is 0.137. The Balaban J connectivity index is 2.44. The van der Waals surface area contributed by atoms with E-state index in [1.54, 1.807) is 14.1 Å². The Kier molecular flexibility index (Phi) is 2.88. The molecule has 1 aromatic rings. The summed E-state index contributed by atoms with van der Waals surface area (Å²) >= 11 is 0. The fourth-order valence-corrected chi connectivity index (χ4v) is 2.41. The van der Waals surface area contributed by atoms with E-state index < -0.39 is 17.8 Å². The van der Waals surface area contributed by atoms with Crippen LogP contribution in [-0.4, -0.2) is 36.0 Å². The second kappa shape index (κ2) is 4.20. The number of hydrogen-bond donors (Lipinski definition) is 1. The third kappa shape index (κ3) is 1.90. The van der Waals surface area contributed by atoms with Crippen molar-refractivity contribution in [1.29, 1.82) is 0 Å². The molecule has 1 amide bonds. The lowest BCUT2D eigenvalue weighted by molar-refractivity contribution is -0.146. The predicted octanol–water partition coefficient (Wildman–Crippen LogP) is 1.12. The molecule has 0 heterocycles. The summed E-state index contributed by atoms with van der Waals surface area (Å²) in [5.74, 6) is -2.22. The average molecular weight is 233 g/mol. The van der Waals surface area contributed by atoms with Gasteiger partial charge >= 0.3 is 5.97 Å². The number of carboxylic acids is 1. The number of carbonyl (C=O) groups is 2. The van der Waals surface area contributed by atoms with E-state index >= 15 is 0 Å². The molecule has 1 aliphatic rings. The summed E-state index contributed by atoms with van der Waals surface area (Å²) in [5.41, 5.74) is 1.83. The van der Waals surface area contributed by atoms with E-state index in [0.717, 1.165) is 11.1 Å². The van der Waals surface area contributed by atoms with Crippen molar-refractivity contribution in [2.24, 2.45) is 5.92 Å². The first kappa shape index (κ1) is 11.6. The van der Waals surface area contributed by atoms with Crippen molar-refractivity contribution in [3.05, 3.63) is 35.4 Å². The molecule has 2 atom stereocenters. The second-order valence-corrected chi connectivity index (χ2v) is 4.56. The number of carboxylic acid groups (broad SMARTS) is 1. The molecule has 1 N–H and O–H groups in total. The van der Waals surface area contributed by atoms with E-state index in [-0.39, 0.29) is 5.91 Å². The molecule has 2 rings (SSSR count). The molecule has 4 nitrogen and oxygen atoms in total. The molecule has 90 valence electrons. The number of hydrogen-bond acceptors (Lipinski definition) is 2.